The predicted octanol–water partition coefficient (Wildman–Crippen LogP) is 3.15. The number of benzene rings is 1. The third-order valence-electron chi connectivity index (χ3n) is 4.39. The van der Waals surface area contributed by atoms with E-state index in [2.05, 4.69) is 15.6 Å². The van der Waals surface area contributed by atoms with Gasteiger partial charge < -0.3 is 15.4 Å². The zero-order chi connectivity index (χ0) is 17.5. The molecule has 1 aromatic carbocycles. The quantitative estimate of drug-likeness (QED) is 0.797. The molecule has 1 aliphatic rings. The Bertz CT molecular complexity index is 695. The third kappa shape index (κ3) is 5.54. The summed E-state index contributed by atoms with van der Waals surface area (Å²) < 4.78 is 5.75. The normalized spacial score (nSPS) is 17.2. The molecule has 0 bridgehead atoms. The summed E-state index contributed by atoms with van der Waals surface area (Å²) in [6.45, 7) is 5.30. The lowest BCUT2D eigenvalue weighted by molar-refractivity contribution is 0.0950. The topological polar surface area (TPSA) is 63.2 Å². The molecule has 2 heterocycles. The molecule has 1 aliphatic heterocycles. The number of ether oxygens (including phenoxy) is 1. The Morgan fingerprint density at radius 1 is 1.48 bits per heavy atom. The third-order valence-corrected chi connectivity index (χ3v) is 5.21. The first-order valence-electron chi connectivity index (χ1n) is 8.83. The number of hydrogen-bond donors (Lipinski definition) is 2. The summed E-state index contributed by atoms with van der Waals surface area (Å²) in [7, 11) is 0. The number of carbonyl (C=O) groups excluding carboxylic acids is 1. The number of aryl methyl sites for hydroxylation is 1. The molecule has 1 aromatic heterocycles. The van der Waals surface area contributed by atoms with Crippen molar-refractivity contribution in [2.24, 2.45) is 5.92 Å². The van der Waals surface area contributed by atoms with Gasteiger partial charge in [-0.25, -0.2) is 4.98 Å². The van der Waals surface area contributed by atoms with Gasteiger partial charge in [-0.1, -0.05) is 6.07 Å². The number of hydrogen-bond acceptors (Lipinski definition) is 5. The van der Waals surface area contributed by atoms with Crippen LogP contribution in [0.3, 0.4) is 0 Å². The van der Waals surface area contributed by atoms with Gasteiger partial charge in [-0.3, -0.25) is 4.79 Å². The van der Waals surface area contributed by atoms with Gasteiger partial charge in [-0.2, -0.15) is 0 Å². The molecule has 0 radical (unpaired) electrons. The van der Waals surface area contributed by atoms with Crippen molar-refractivity contribution >= 4 is 17.2 Å². The number of rotatable bonds is 7. The number of amides is 1. The highest BCUT2D eigenvalue weighted by Gasteiger charge is 2.13. The van der Waals surface area contributed by atoms with Crippen molar-refractivity contribution in [3.8, 4) is 5.75 Å². The molecule has 134 valence electrons. The van der Waals surface area contributed by atoms with Crippen molar-refractivity contribution in [3.05, 3.63) is 45.9 Å². The Labute approximate surface area is 152 Å². The Morgan fingerprint density at radius 2 is 2.40 bits per heavy atom. The average molecular weight is 359 g/mol. The fraction of sp³-hybridized carbons (Fsp3) is 0.474. The molecule has 0 saturated carbocycles. The fourth-order valence-corrected chi connectivity index (χ4v) is 3.62. The van der Waals surface area contributed by atoms with Crippen LogP contribution in [0.15, 0.2) is 29.6 Å². The van der Waals surface area contributed by atoms with E-state index >= 15 is 0 Å². The Balaban J connectivity index is 1.47. The Kier molecular flexibility index (Phi) is 6.42. The standard InChI is InChI=1S/C19H25N3O2S/c1-14-22-17(13-25-14)12-24-18-6-2-5-16(10-18)19(23)21-9-7-15-4-3-8-20-11-15/h2,5-6,10,13,15,20H,3-4,7-9,11-12H2,1H3,(H,21,23). The van der Waals surface area contributed by atoms with Gasteiger partial charge in [0.2, 0.25) is 0 Å². The summed E-state index contributed by atoms with van der Waals surface area (Å²) >= 11 is 1.61. The number of nitrogens with zero attached hydrogens (tertiary/aromatic N) is 1. The second kappa shape index (κ2) is 8.97. The summed E-state index contributed by atoms with van der Waals surface area (Å²) in [6, 6.07) is 7.32. The van der Waals surface area contributed by atoms with E-state index in [1.54, 1.807) is 17.4 Å². The van der Waals surface area contributed by atoms with Crippen LogP contribution < -0.4 is 15.4 Å². The van der Waals surface area contributed by atoms with Crippen molar-refractivity contribution in [1.82, 2.24) is 15.6 Å². The van der Waals surface area contributed by atoms with Gasteiger partial charge in [0.05, 0.1) is 10.7 Å². The lowest BCUT2D eigenvalue weighted by Gasteiger charge is -2.22. The van der Waals surface area contributed by atoms with E-state index in [-0.39, 0.29) is 5.91 Å². The van der Waals surface area contributed by atoms with Crippen molar-refractivity contribution in [2.45, 2.75) is 32.8 Å². The highest BCUT2D eigenvalue weighted by Crippen LogP contribution is 2.17. The predicted molar refractivity (Wildman–Crippen MR) is 100 cm³/mol. The first-order valence-corrected chi connectivity index (χ1v) is 9.71. The van der Waals surface area contributed by atoms with Gasteiger partial charge in [0.25, 0.3) is 5.91 Å². The second-order valence-electron chi connectivity index (χ2n) is 6.43. The number of carbonyl (C=O) groups is 1. The van der Waals surface area contributed by atoms with E-state index in [0.29, 0.717) is 30.4 Å². The van der Waals surface area contributed by atoms with Crippen molar-refractivity contribution in [1.29, 1.82) is 0 Å². The van der Waals surface area contributed by atoms with Crippen LogP contribution in [0.5, 0.6) is 5.75 Å². The zero-order valence-electron chi connectivity index (χ0n) is 14.6. The first-order chi connectivity index (χ1) is 12.2. The maximum Gasteiger partial charge on any atom is 0.251 e. The molecule has 1 atom stereocenters. The minimum atomic E-state index is -0.0429. The Hall–Kier alpha value is -1.92. The van der Waals surface area contributed by atoms with E-state index in [4.69, 9.17) is 4.74 Å². The molecular formula is C19H25N3O2S. The highest BCUT2D eigenvalue weighted by atomic mass is 32.1. The molecule has 1 fully saturated rings. The van der Waals surface area contributed by atoms with Crippen LogP contribution in [-0.2, 0) is 6.61 Å². The lowest BCUT2D eigenvalue weighted by atomic mass is 9.96. The van der Waals surface area contributed by atoms with Crippen LogP contribution >= 0.6 is 11.3 Å². The van der Waals surface area contributed by atoms with Crippen LogP contribution in [-0.4, -0.2) is 30.5 Å². The van der Waals surface area contributed by atoms with E-state index in [1.165, 1.54) is 12.8 Å². The maximum atomic E-state index is 12.3. The SMILES string of the molecule is Cc1nc(COc2cccc(C(=O)NCCC3CCCNC3)c2)cs1. The molecule has 0 aliphatic carbocycles. The number of piperidine rings is 1. The van der Waals surface area contributed by atoms with Gasteiger partial charge in [0.15, 0.2) is 0 Å². The number of aromatic nitrogens is 1. The molecule has 5 nitrogen and oxygen atoms in total. The molecule has 3 rings (SSSR count). The molecule has 1 unspecified atom stereocenters. The molecule has 2 N–H and O–H groups in total. The van der Waals surface area contributed by atoms with Crippen molar-refractivity contribution in [2.75, 3.05) is 19.6 Å². The van der Waals surface area contributed by atoms with Crippen LogP contribution in [0, 0.1) is 12.8 Å². The molecule has 0 spiro atoms. The maximum absolute atomic E-state index is 12.3. The minimum Gasteiger partial charge on any atom is -0.487 e. The molecule has 1 saturated heterocycles. The van der Waals surface area contributed by atoms with E-state index in [1.807, 2.05) is 30.5 Å². The fourth-order valence-electron chi connectivity index (χ4n) is 3.02. The van der Waals surface area contributed by atoms with Crippen molar-refractivity contribution < 1.29 is 9.53 Å². The minimum absolute atomic E-state index is 0.0429. The molecule has 6 heteroatoms. The largest absolute Gasteiger partial charge is 0.487 e. The van der Waals surface area contributed by atoms with Gasteiger partial charge in [-0.05, 0) is 63.4 Å². The van der Waals surface area contributed by atoms with Gasteiger partial charge in [0, 0.05) is 17.5 Å². The summed E-state index contributed by atoms with van der Waals surface area (Å²) in [5.74, 6) is 1.32. The molecule has 1 amide bonds. The summed E-state index contributed by atoms with van der Waals surface area (Å²) in [4.78, 5) is 16.7. The highest BCUT2D eigenvalue weighted by molar-refractivity contribution is 7.09. The Morgan fingerprint density at radius 3 is 3.16 bits per heavy atom. The number of nitrogens with one attached hydrogen (secondary N) is 2. The summed E-state index contributed by atoms with van der Waals surface area (Å²) in [5, 5.41) is 9.44. The van der Waals surface area contributed by atoms with E-state index in [0.717, 1.165) is 30.2 Å². The molecule has 25 heavy (non-hydrogen) atoms. The van der Waals surface area contributed by atoms with E-state index < -0.39 is 0 Å². The summed E-state index contributed by atoms with van der Waals surface area (Å²) in [6.07, 6.45) is 3.51. The van der Waals surface area contributed by atoms with Crippen LogP contribution in [0.1, 0.15) is 40.3 Å². The van der Waals surface area contributed by atoms with Crippen LogP contribution in [0.2, 0.25) is 0 Å². The average Bonchev–Trinajstić information content (AvgIpc) is 3.06. The van der Waals surface area contributed by atoms with Crippen LogP contribution in [0.25, 0.3) is 0 Å². The van der Waals surface area contributed by atoms with E-state index in [9.17, 15) is 4.79 Å². The molecule has 2 aromatic rings. The molecular weight excluding hydrogens is 334 g/mol. The lowest BCUT2D eigenvalue weighted by Crippen LogP contribution is -2.33. The van der Waals surface area contributed by atoms with Gasteiger partial charge in [-0.15, -0.1) is 11.3 Å². The first kappa shape index (κ1) is 17.9. The second-order valence-corrected chi connectivity index (χ2v) is 7.49. The smallest absolute Gasteiger partial charge is 0.251 e. The summed E-state index contributed by atoms with van der Waals surface area (Å²) in [5.41, 5.74) is 1.55. The zero-order valence-corrected chi connectivity index (χ0v) is 15.4. The monoisotopic (exact) mass is 359 g/mol. The van der Waals surface area contributed by atoms with Crippen LogP contribution in [0.4, 0.5) is 0 Å². The van der Waals surface area contributed by atoms with Gasteiger partial charge >= 0.3 is 0 Å². The van der Waals surface area contributed by atoms with Crippen molar-refractivity contribution in [3.63, 3.8) is 0 Å². The number of thiazole rings is 1. The van der Waals surface area contributed by atoms with Gasteiger partial charge in [0.1, 0.15) is 12.4 Å².